The third-order valence-corrected chi connectivity index (χ3v) is 5.45. The first kappa shape index (κ1) is 14.3. The molecule has 0 spiro atoms. The van der Waals surface area contributed by atoms with E-state index >= 15 is 0 Å². The summed E-state index contributed by atoms with van der Waals surface area (Å²) in [5.41, 5.74) is 0. The van der Waals surface area contributed by atoms with E-state index in [1.807, 2.05) is 0 Å². The highest BCUT2D eigenvalue weighted by Gasteiger charge is 2.39. The Morgan fingerprint density at radius 3 is 2.61 bits per heavy atom. The number of hydrogen-bond donors (Lipinski definition) is 1. The van der Waals surface area contributed by atoms with Crippen LogP contribution >= 0.6 is 0 Å². The number of hydrogen-bond acceptors (Lipinski definition) is 2. The highest BCUT2D eigenvalue weighted by molar-refractivity contribution is 4.95. The van der Waals surface area contributed by atoms with E-state index in [2.05, 4.69) is 31.0 Å². The molecule has 0 radical (unpaired) electrons. The number of fused-ring (bicyclic) bond motifs is 1. The number of likely N-dealkylation sites (N-methyl/N-ethyl adjacent to an activating group) is 1. The van der Waals surface area contributed by atoms with E-state index in [4.69, 9.17) is 0 Å². The van der Waals surface area contributed by atoms with Gasteiger partial charge in [-0.15, -0.1) is 0 Å². The summed E-state index contributed by atoms with van der Waals surface area (Å²) in [7, 11) is 0. The van der Waals surface area contributed by atoms with E-state index in [1.165, 1.54) is 58.3 Å². The molecule has 0 aromatic carbocycles. The van der Waals surface area contributed by atoms with Crippen LogP contribution in [0, 0.1) is 17.8 Å². The topological polar surface area (TPSA) is 15.3 Å². The summed E-state index contributed by atoms with van der Waals surface area (Å²) in [4.78, 5) is 2.69. The lowest BCUT2D eigenvalue weighted by Crippen LogP contribution is -2.42. The molecule has 3 atom stereocenters. The van der Waals surface area contributed by atoms with Crippen molar-refractivity contribution in [2.24, 2.45) is 17.8 Å². The first-order chi connectivity index (χ1) is 8.78. The SMILES string of the molecule is CCC(CC)CN(CC)CC1NCC2CCCC21. The van der Waals surface area contributed by atoms with Crippen LogP contribution < -0.4 is 5.32 Å². The largest absolute Gasteiger partial charge is 0.312 e. The van der Waals surface area contributed by atoms with Gasteiger partial charge in [-0.25, -0.2) is 0 Å². The van der Waals surface area contributed by atoms with Crippen molar-refractivity contribution >= 4 is 0 Å². The summed E-state index contributed by atoms with van der Waals surface area (Å²) in [5.74, 6) is 2.88. The second kappa shape index (κ2) is 6.91. The van der Waals surface area contributed by atoms with Gasteiger partial charge in [0.15, 0.2) is 0 Å². The average Bonchev–Trinajstić information content (AvgIpc) is 2.98. The van der Waals surface area contributed by atoms with E-state index in [1.54, 1.807) is 0 Å². The molecule has 1 saturated carbocycles. The van der Waals surface area contributed by atoms with Gasteiger partial charge in [-0.1, -0.05) is 40.0 Å². The molecule has 2 fully saturated rings. The molecule has 2 aliphatic rings. The molecule has 3 unspecified atom stereocenters. The van der Waals surface area contributed by atoms with Gasteiger partial charge < -0.3 is 10.2 Å². The third-order valence-electron chi connectivity index (χ3n) is 5.45. The Balaban J connectivity index is 1.82. The molecule has 0 amide bonds. The van der Waals surface area contributed by atoms with Gasteiger partial charge >= 0.3 is 0 Å². The predicted molar refractivity (Wildman–Crippen MR) is 78.8 cm³/mol. The van der Waals surface area contributed by atoms with Gasteiger partial charge in [0.1, 0.15) is 0 Å². The first-order valence-electron chi connectivity index (χ1n) is 8.24. The van der Waals surface area contributed by atoms with Gasteiger partial charge in [0.2, 0.25) is 0 Å². The zero-order valence-corrected chi connectivity index (χ0v) is 12.6. The van der Waals surface area contributed by atoms with Crippen molar-refractivity contribution in [3.63, 3.8) is 0 Å². The number of nitrogens with one attached hydrogen (secondary N) is 1. The van der Waals surface area contributed by atoms with Gasteiger partial charge in [-0.2, -0.15) is 0 Å². The standard InChI is InChI=1S/C16H32N2/c1-4-13(5-2)11-18(6-3)12-16-15-9-7-8-14(15)10-17-16/h13-17H,4-12H2,1-3H3. The van der Waals surface area contributed by atoms with Gasteiger partial charge in [0.25, 0.3) is 0 Å². The molecule has 106 valence electrons. The molecule has 1 heterocycles. The lowest BCUT2D eigenvalue weighted by molar-refractivity contribution is 0.199. The minimum atomic E-state index is 0.784. The fraction of sp³-hybridized carbons (Fsp3) is 1.00. The van der Waals surface area contributed by atoms with Crippen LogP contribution in [0.25, 0.3) is 0 Å². The molecule has 1 aliphatic heterocycles. The maximum atomic E-state index is 3.79. The summed E-state index contributed by atoms with van der Waals surface area (Å²) < 4.78 is 0. The highest BCUT2D eigenvalue weighted by Crippen LogP contribution is 2.37. The Morgan fingerprint density at radius 1 is 1.17 bits per heavy atom. The van der Waals surface area contributed by atoms with Crippen LogP contribution in [-0.4, -0.2) is 37.1 Å². The van der Waals surface area contributed by atoms with Crippen LogP contribution in [0.15, 0.2) is 0 Å². The molecule has 2 heteroatoms. The molecular weight excluding hydrogens is 220 g/mol. The fourth-order valence-electron chi connectivity index (χ4n) is 4.03. The summed E-state index contributed by atoms with van der Waals surface area (Å²) in [6.45, 7) is 12.1. The molecular formula is C16H32N2. The second-order valence-electron chi connectivity index (χ2n) is 6.40. The summed E-state index contributed by atoms with van der Waals surface area (Å²) in [6, 6.07) is 0.784. The van der Waals surface area contributed by atoms with Crippen LogP contribution in [0.2, 0.25) is 0 Å². The van der Waals surface area contributed by atoms with Gasteiger partial charge in [0, 0.05) is 19.1 Å². The minimum absolute atomic E-state index is 0.784. The van der Waals surface area contributed by atoms with Crippen LogP contribution in [0.3, 0.4) is 0 Å². The average molecular weight is 252 g/mol. The normalized spacial score (nSPS) is 31.5. The van der Waals surface area contributed by atoms with Crippen molar-refractivity contribution in [3.8, 4) is 0 Å². The molecule has 18 heavy (non-hydrogen) atoms. The Bertz CT molecular complexity index is 237. The van der Waals surface area contributed by atoms with E-state index < -0.39 is 0 Å². The molecule has 0 aromatic rings. The van der Waals surface area contributed by atoms with Crippen molar-refractivity contribution < 1.29 is 0 Å². The zero-order chi connectivity index (χ0) is 13.0. The van der Waals surface area contributed by atoms with Crippen LogP contribution in [0.5, 0.6) is 0 Å². The van der Waals surface area contributed by atoms with Crippen molar-refractivity contribution in [2.45, 2.75) is 58.9 Å². The Labute approximate surface area is 114 Å². The summed E-state index contributed by atoms with van der Waals surface area (Å²) in [6.07, 6.45) is 7.10. The van der Waals surface area contributed by atoms with Gasteiger partial charge in [-0.3, -0.25) is 0 Å². The Kier molecular flexibility index (Phi) is 5.50. The van der Waals surface area contributed by atoms with Crippen molar-refractivity contribution in [2.75, 3.05) is 26.2 Å². The maximum absolute atomic E-state index is 3.79. The lowest BCUT2D eigenvalue weighted by atomic mass is 9.93. The predicted octanol–water partition coefficient (Wildman–Crippen LogP) is 3.13. The second-order valence-corrected chi connectivity index (χ2v) is 6.40. The lowest BCUT2D eigenvalue weighted by Gasteiger charge is -2.30. The van der Waals surface area contributed by atoms with Gasteiger partial charge in [0.05, 0.1) is 0 Å². The van der Waals surface area contributed by atoms with E-state index in [0.29, 0.717) is 0 Å². The van der Waals surface area contributed by atoms with Crippen molar-refractivity contribution in [3.05, 3.63) is 0 Å². The van der Waals surface area contributed by atoms with Gasteiger partial charge in [-0.05, 0) is 43.7 Å². The molecule has 2 rings (SSSR count). The van der Waals surface area contributed by atoms with Crippen molar-refractivity contribution in [1.29, 1.82) is 0 Å². The van der Waals surface area contributed by atoms with Crippen molar-refractivity contribution in [1.82, 2.24) is 10.2 Å². The molecule has 1 saturated heterocycles. The minimum Gasteiger partial charge on any atom is -0.312 e. The van der Waals surface area contributed by atoms with E-state index in [9.17, 15) is 0 Å². The molecule has 0 aromatic heterocycles. The highest BCUT2D eigenvalue weighted by atomic mass is 15.2. The molecule has 2 nitrogen and oxygen atoms in total. The summed E-state index contributed by atoms with van der Waals surface area (Å²) >= 11 is 0. The van der Waals surface area contributed by atoms with E-state index in [-0.39, 0.29) is 0 Å². The smallest absolute Gasteiger partial charge is 0.0226 e. The van der Waals surface area contributed by atoms with Crippen LogP contribution in [0.4, 0.5) is 0 Å². The summed E-state index contributed by atoms with van der Waals surface area (Å²) in [5, 5.41) is 3.79. The number of nitrogens with zero attached hydrogens (tertiary/aromatic N) is 1. The molecule has 1 aliphatic carbocycles. The Morgan fingerprint density at radius 2 is 1.94 bits per heavy atom. The number of rotatable bonds is 7. The maximum Gasteiger partial charge on any atom is 0.0226 e. The van der Waals surface area contributed by atoms with Crippen LogP contribution in [-0.2, 0) is 0 Å². The Hall–Kier alpha value is -0.0800. The van der Waals surface area contributed by atoms with E-state index in [0.717, 1.165) is 23.8 Å². The third kappa shape index (κ3) is 3.27. The zero-order valence-electron chi connectivity index (χ0n) is 12.6. The molecule has 1 N–H and O–H groups in total. The quantitative estimate of drug-likeness (QED) is 0.749. The fourth-order valence-corrected chi connectivity index (χ4v) is 4.03. The molecule has 0 bridgehead atoms. The van der Waals surface area contributed by atoms with Crippen LogP contribution in [0.1, 0.15) is 52.9 Å². The monoisotopic (exact) mass is 252 g/mol. The first-order valence-corrected chi connectivity index (χ1v) is 8.24.